The van der Waals surface area contributed by atoms with Gasteiger partial charge in [0.05, 0.1) is 13.5 Å². The lowest BCUT2D eigenvalue weighted by Crippen LogP contribution is -2.41. The van der Waals surface area contributed by atoms with Crippen LogP contribution in [0.5, 0.6) is 0 Å². The van der Waals surface area contributed by atoms with Crippen molar-refractivity contribution in [2.24, 2.45) is 0 Å². The van der Waals surface area contributed by atoms with Gasteiger partial charge in [0.25, 0.3) is 0 Å². The Bertz CT molecular complexity index is 184. The summed E-state index contributed by atoms with van der Waals surface area (Å²) in [6.45, 7) is 2.98. The minimum absolute atomic E-state index is 0. The molecule has 0 unspecified atom stereocenters. The molecule has 0 radical (unpaired) electrons. The number of hydrogen-bond donors (Lipinski definition) is 1. The molecule has 90 valence electrons. The summed E-state index contributed by atoms with van der Waals surface area (Å²) in [5, 5.41) is 3.33. The number of ether oxygens (including phenoxy) is 1. The average Bonchev–Trinajstić information content (AvgIpc) is 2.26. The number of esters is 1. The topological polar surface area (TPSA) is 41.6 Å². The first kappa shape index (κ1) is 14.7. The van der Waals surface area contributed by atoms with E-state index in [1.165, 1.54) is 20.0 Å². The summed E-state index contributed by atoms with van der Waals surface area (Å²) in [7, 11) is 3.52. The van der Waals surface area contributed by atoms with Crippen molar-refractivity contribution in [3.05, 3.63) is 0 Å². The van der Waals surface area contributed by atoms with Crippen LogP contribution >= 0.6 is 12.4 Å². The molecule has 1 rings (SSSR count). The molecule has 4 nitrogen and oxygen atoms in total. The molecular weight excluding hydrogens is 216 g/mol. The van der Waals surface area contributed by atoms with Gasteiger partial charge in [-0.3, -0.25) is 4.79 Å². The number of nitrogens with one attached hydrogen (secondary N) is 1. The molecule has 0 aromatic rings. The van der Waals surface area contributed by atoms with Crippen molar-refractivity contribution in [3.63, 3.8) is 0 Å². The van der Waals surface area contributed by atoms with Crippen molar-refractivity contribution in [1.82, 2.24) is 10.2 Å². The maximum absolute atomic E-state index is 10.9. The second-order valence-corrected chi connectivity index (χ2v) is 3.79. The first-order valence-electron chi connectivity index (χ1n) is 5.22. The summed E-state index contributed by atoms with van der Waals surface area (Å²) in [5.74, 6) is -0.120. The molecule has 5 heteroatoms. The van der Waals surface area contributed by atoms with Gasteiger partial charge in [-0.15, -0.1) is 12.4 Å². The Kier molecular flexibility index (Phi) is 7.74. The Labute approximate surface area is 97.8 Å². The molecule has 0 spiro atoms. The van der Waals surface area contributed by atoms with E-state index >= 15 is 0 Å². The van der Waals surface area contributed by atoms with Gasteiger partial charge >= 0.3 is 5.97 Å². The van der Waals surface area contributed by atoms with Gasteiger partial charge in [-0.2, -0.15) is 0 Å². The van der Waals surface area contributed by atoms with Crippen LogP contribution in [-0.2, 0) is 9.53 Å². The monoisotopic (exact) mass is 236 g/mol. The highest BCUT2D eigenvalue weighted by atomic mass is 35.5. The Morgan fingerprint density at radius 2 is 2.07 bits per heavy atom. The van der Waals surface area contributed by atoms with Crippen LogP contribution in [0.3, 0.4) is 0 Å². The third-order valence-corrected chi connectivity index (χ3v) is 2.83. The molecule has 0 atom stereocenters. The quantitative estimate of drug-likeness (QED) is 0.728. The minimum atomic E-state index is -0.120. The van der Waals surface area contributed by atoms with Gasteiger partial charge in [0.15, 0.2) is 0 Å². The lowest BCUT2D eigenvalue weighted by atomic mass is 10.1. The number of halogens is 1. The van der Waals surface area contributed by atoms with Crippen LogP contribution in [0.2, 0.25) is 0 Å². The molecule has 1 aliphatic rings. The summed E-state index contributed by atoms with van der Waals surface area (Å²) in [4.78, 5) is 13.2. The summed E-state index contributed by atoms with van der Waals surface area (Å²) in [6, 6.07) is 0.626. The molecule has 0 amide bonds. The SMILES string of the molecule is COC(=O)CCN(C)C1CCNCC1.Cl. The smallest absolute Gasteiger partial charge is 0.306 e. The minimum Gasteiger partial charge on any atom is -0.469 e. The van der Waals surface area contributed by atoms with Crippen molar-refractivity contribution in [1.29, 1.82) is 0 Å². The van der Waals surface area contributed by atoms with Crippen molar-refractivity contribution >= 4 is 18.4 Å². The molecule has 15 heavy (non-hydrogen) atoms. The molecule has 1 aliphatic heterocycles. The molecular formula is C10H21ClN2O2. The molecule has 0 aliphatic carbocycles. The predicted molar refractivity (Wildman–Crippen MR) is 62.4 cm³/mol. The molecule has 0 bridgehead atoms. The van der Waals surface area contributed by atoms with Crippen LogP contribution in [0.4, 0.5) is 0 Å². The van der Waals surface area contributed by atoms with Crippen LogP contribution < -0.4 is 5.32 Å². The van der Waals surface area contributed by atoms with Crippen molar-refractivity contribution in [3.8, 4) is 0 Å². The zero-order chi connectivity index (χ0) is 10.4. The Balaban J connectivity index is 0.00000196. The zero-order valence-electron chi connectivity index (χ0n) is 9.49. The molecule has 1 N–H and O–H groups in total. The van der Waals surface area contributed by atoms with Crippen molar-refractivity contribution in [2.45, 2.75) is 25.3 Å². The highest BCUT2D eigenvalue weighted by Gasteiger charge is 2.17. The second-order valence-electron chi connectivity index (χ2n) is 3.79. The Morgan fingerprint density at radius 1 is 1.47 bits per heavy atom. The molecule has 0 aromatic carbocycles. The number of nitrogens with zero attached hydrogens (tertiary/aromatic N) is 1. The van der Waals surface area contributed by atoms with Gasteiger partial charge in [-0.1, -0.05) is 0 Å². The van der Waals surface area contributed by atoms with Crippen LogP contribution in [-0.4, -0.2) is 50.7 Å². The fourth-order valence-corrected chi connectivity index (χ4v) is 1.80. The highest BCUT2D eigenvalue weighted by molar-refractivity contribution is 5.85. The molecule has 1 heterocycles. The number of piperidine rings is 1. The molecule has 1 saturated heterocycles. The van der Waals surface area contributed by atoms with E-state index in [0.29, 0.717) is 12.5 Å². The number of carbonyl (C=O) groups is 1. The van der Waals surface area contributed by atoms with E-state index in [0.717, 1.165) is 19.6 Å². The fraction of sp³-hybridized carbons (Fsp3) is 0.900. The Morgan fingerprint density at radius 3 is 2.60 bits per heavy atom. The van der Waals surface area contributed by atoms with E-state index in [1.54, 1.807) is 0 Å². The van der Waals surface area contributed by atoms with E-state index < -0.39 is 0 Å². The summed E-state index contributed by atoms with van der Waals surface area (Å²) < 4.78 is 4.61. The van der Waals surface area contributed by atoms with Gasteiger partial charge in [-0.05, 0) is 33.0 Å². The van der Waals surface area contributed by atoms with Crippen molar-refractivity contribution in [2.75, 3.05) is 33.8 Å². The van der Waals surface area contributed by atoms with E-state index in [-0.39, 0.29) is 18.4 Å². The summed E-state index contributed by atoms with van der Waals surface area (Å²) in [5.41, 5.74) is 0. The van der Waals surface area contributed by atoms with Gasteiger partial charge in [0.1, 0.15) is 0 Å². The van der Waals surface area contributed by atoms with Crippen molar-refractivity contribution < 1.29 is 9.53 Å². The summed E-state index contributed by atoms with van der Waals surface area (Å²) in [6.07, 6.45) is 2.85. The van der Waals surface area contributed by atoms with E-state index in [1.807, 2.05) is 0 Å². The van der Waals surface area contributed by atoms with E-state index in [4.69, 9.17) is 0 Å². The molecule has 0 aromatic heterocycles. The van der Waals surface area contributed by atoms with Crippen LogP contribution in [0.15, 0.2) is 0 Å². The average molecular weight is 237 g/mol. The third-order valence-electron chi connectivity index (χ3n) is 2.83. The van der Waals surface area contributed by atoms with Gasteiger partial charge in [-0.25, -0.2) is 0 Å². The predicted octanol–water partition coefficient (Wildman–Crippen LogP) is 0.655. The first-order valence-corrected chi connectivity index (χ1v) is 5.22. The van der Waals surface area contributed by atoms with Crippen LogP contribution in [0, 0.1) is 0 Å². The number of methoxy groups -OCH3 is 1. The first-order chi connectivity index (χ1) is 6.74. The van der Waals surface area contributed by atoms with Crippen LogP contribution in [0.25, 0.3) is 0 Å². The number of hydrogen-bond acceptors (Lipinski definition) is 4. The zero-order valence-corrected chi connectivity index (χ0v) is 10.3. The molecule has 0 saturated carbocycles. The van der Waals surface area contributed by atoms with E-state index in [9.17, 15) is 4.79 Å². The van der Waals surface area contributed by atoms with Gasteiger partial charge < -0.3 is 15.0 Å². The van der Waals surface area contributed by atoms with Gasteiger partial charge in [0, 0.05) is 12.6 Å². The summed E-state index contributed by atoms with van der Waals surface area (Å²) >= 11 is 0. The lowest BCUT2D eigenvalue weighted by molar-refractivity contribution is -0.141. The lowest BCUT2D eigenvalue weighted by Gasteiger charge is -2.31. The maximum Gasteiger partial charge on any atom is 0.306 e. The maximum atomic E-state index is 10.9. The van der Waals surface area contributed by atoms with Gasteiger partial charge in [0.2, 0.25) is 0 Å². The number of carbonyl (C=O) groups excluding carboxylic acids is 1. The fourth-order valence-electron chi connectivity index (χ4n) is 1.80. The van der Waals surface area contributed by atoms with Crippen LogP contribution in [0.1, 0.15) is 19.3 Å². The molecule has 1 fully saturated rings. The normalized spacial score (nSPS) is 17.3. The standard InChI is InChI=1S/C10H20N2O2.ClH/c1-12(8-5-10(13)14-2)9-3-6-11-7-4-9;/h9,11H,3-8H2,1-2H3;1H. The highest BCUT2D eigenvalue weighted by Crippen LogP contribution is 2.09. The number of rotatable bonds is 4. The Hall–Kier alpha value is -0.320. The second kappa shape index (κ2) is 7.91. The van der Waals surface area contributed by atoms with E-state index in [2.05, 4.69) is 22.0 Å². The third kappa shape index (κ3) is 5.35. The largest absolute Gasteiger partial charge is 0.469 e.